The number of hydrogen-bond donors (Lipinski definition) is 2. The quantitative estimate of drug-likeness (QED) is 0.471. The summed E-state index contributed by atoms with van der Waals surface area (Å²) in [6.45, 7) is 14.8. The molecule has 0 aromatic rings. The fourth-order valence-corrected chi connectivity index (χ4v) is 6.63. The molecule has 26 heavy (non-hydrogen) atoms. The molecule has 154 valence electrons. The number of carbonyl (C=O) groups excluding carboxylic acids is 1. The molecule has 1 aliphatic carbocycles. The van der Waals surface area contributed by atoms with Crippen molar-refractivity contribution in [3.63, 3.8) is 0 Å². The van der Waals surface area contributed by atoms with Crippen LogP contribution in [0.15, 0.2) is 0 Å². The molecule has 1 aliphatic rings. The summed E-state index contributed by atoms with van der Waals surface area (Å²) in [5.41, 5.74) is -1.51. The number of hydrogen-bond acceptors (Lipinski definition) is 4. The van der Waals surface area contributed by atoms with Crippen LogP contribution in [0.25, 0.3) is 0 Å². The highest BCUT2D eigenvalue weighted by Crippen LogP contribution is 2.54. The van der Waals surface area contributed by atoms with E-state index in [1.807, 2.05) is 11.8 Å². The third-order valence-corrected chi connectivity index (χ3v) is 7.97. The van der Waals surface area contributed by atoms with E-state index in [1.54, 1.807) is 6.92 Å². The van der Waals surface area contributed by atoms with Gasteiger partial charge in [0.15, 0.2) is 0 Å². The van der Waals surface area contributed by atoms with Crippen LogP contribution in [0.2, 0.25) is 0 Å². The summed E-state index contributed by atoms with van der Waals surface area (Å²) < 4.78 is 0. The molecule has 0 aromatic heterocycles. The van der Waals surface area contributed by atoms with Crippen molar-refractivity contribution >= 4 is 17.5 Å². The maximum Gasteiger partial charge on any atom is 0.131 e. The van der Waals surface area contributed by atoms with Crippen molar-refractivity contribution in [3.8, 4) is 0 Å². The number of rotatable bonds is 11. The molecular weight excluding hydrogens is 342 g/mol. The number of Topliss-reactive ketones (excluding diaryl/α,β-unsaturated/α-hetero) is 1. The Bertz CT molecular complexity index is 453. The molecule has 4 atom stereocenters. The molecule has 1 saturated carbocycles. The Hall–Kier alpha value is -0.0600. The van der Waals surface area contributed by atoms with Crippen molar-refractivity contribution in [2.24, 2.45) is 5.41 Å². The van der Waals surface area contributed by atoms with Gasteiger partial charge < -0.3 is 10.4 Å². The van der Waals surface area contributed by atoms with Crippen LogP contribution in [0.4, 0.5) is 0 Å². The molecule has 0 aromatic carbocycles. The zero-order valence-electron chi connectivity index (χ0n) is 18.3. The van der Waals surface area contributed by atoms with Crippen molar-refractivity contribution in [3.05, 3.63) is 0 Å². The lowest BCUT2D eigenvalue weighted by molar-refractivity contribution is -0.162. The van der Waals surface area contributed by atoms with Crippen LogP contribution in [-0.2, 0) is 4.79 Å². The Labute approximate surface area is 166 Å². The van der Waals surface area contributed by atoms with Crippen LogP contribution in [0.1, 0.15) is 99.8 Å². The van der Waals surface area contributed by atoms with E-state index in [1.165, 1.54) is 12.8 Å². The van der Waals surface area contributed by atoms with E-state index in [0.29, 0.717) is 12.5 Å². The molecule has 3 nitrogen and oxygen atoms in total. The van der Waals surface area contributed by atoms with Crippen molar-refractivity contribution in [1.29, 1.82) is 0 Å². The van der Waals surface area contributed by atoms with E-state index in [2.05, 4.69) is 46.9 Å². The summed E-state index contributed by atoms with van der Waals surface area (Å²) in [7, 11) is 0. The van der Waals surface area contributed by atoms with E-state index in [-0.39, 0.29) is 22.0 Å². The lowest BCUT2D eigenvalue weighted by Crippen LogP contribution is -2.74. The Morgan fingerprint density at radius 1 is 1.19 bits per heavy atom. The molecule has 4 heteroatoms. The molecule has 4 unspecified atom stereocenters. The number of carbonyl (C=O) groups is 1. The van der Waals surface area contributed by atoms with E-state index in [4.69, 9.17) is 0 Å². The van der Waals surface area contributed by atoms with Crippen molar-refractivity contribution in [2.75, 3.05) is 5.75 Å². The minimum Gasteiger partial charge on any atom is -0.386 e. The van der Waals surface area contributed by atoms with Gasteiger partial charge in [0.05, 0.1) is 5.60 Å². The van der Waals surface area contributed by atoms with Crippen LogP contribution in [-0.4, -0.2) is 39.1 Å². The molecule has 1 rings (SSSR count). The summed E-state index contributed by atoms with van der Waals surface area (Å²) in [5.74, 6) is 1.20. The van der Waals surface area contributed by atoms with Crippen molar-refractivity contribution in [2.45, 2.75) is 122 Å². The first-order valence-electron chi connectivity index (χ1n) is 10.6. The average molecular weight is 386 g/mol. The van der Waals surface area contributed by atoms with Gasteiger partial charge in [0, 0.05) is 23.3 Å². The number of ketones is 1. The van der Waals surface area contributed by atoms with E-state index in [0.717, 1.165) is 37.9 Å². The Morgan fingerprint density at radius 3 is 2.38 bits per heavy atom. The summed E-state index contributed by atoms with van der Waals surface area (Å²) in [6.07, 6.45) is 8.13. The molecule has 0 spiro atoms. The lowest BCUT2D eigenvalue weighted by Gasteiger charge is -2.61. The van der Waals surface area contributed by atoms with Gasteiger partial charge in [-0.3, -0.25) is 4.79 Å². The van der Waals surface area contributed by atoms with Gasteiger partial charge in [0.1, 0.15) is 5.78 Å². The highest BCUT2D eigenvalue weighted by atomic mass is 32.2. The Morgan fingerprint density at radius 2 is 1.85 bits per heavy atom. The zero-order valence-corrected chi connectivity index (χ0v) is 19.1. The zero-order chi connectivity index (χ0) is 20.0. The third-order valence-electron chi connectivity index (χ3n) is 6.53. The van der Waals surface area contributed by atoms with Gasteiger partial charge >= 0.3 is 0 Å². The van der Waals surface area contributed by atoms with Gasteiger partial charge in [-0.25, -0.2) is 0 Å². The second-order valence-electron chi connectivity index (χ2n) is 9.26. The second kappa shape index (κ2) is 9.93. The molecular formula is C22H43NO2S. The first-order chi connectivity index (χ1) is 12.0. The molecule has 0 aliphatic heterocycles. The summed E-state index contributed by atoms with van der Waals surface area (Å²) >= 11 is 1.82. The lowest BCUT2D eigenvalue weighted by atomic mass is 9.55. The first kappa shape index (κ1) is 24.0. The molecule has 0 heterocycles. The fourth-order valence-electron chi connectivity index (χ4n) is 4.80. The van der Waals surface area contributed by atoms with Crippen LogP contribution in [0, 0.1) is 5.41 Å². The largest absolute Gasteiger partial charge is 0.386 e. The van der Waals surface area contributed by atoms with Crippen molar-refractivity contribution < 1.29 is 9.90 Å². The van der Waals surface area contributed by atoms with Gasteiger partial charge in [0.2, 0.25) is 0 Å². The van der Waals surface area contributed by atoms with E-state index in [9.17, 15) is 9.90 Å². The Balaban J connectivity index is 3.22. The highest BCUT2D eigenvalue weighted by molar-refractivity contribution is 8.00. The number of aliphatic hydroxyl groups is 1. The monoisotopic (exact) mass is 385 g/mol. The smallest absolute Gasteiger partial charge is 0.131 e. The van der Waals surface area contributed by atoms with Gasteiger partial charge in [-0.1, -0.05) is 47.0 Å². The minimum atomic E-state index is -0.912. The van der Waals surface area contributed by atoms with Crippen molar-refractivity contribution in [1.82, 2.24) is 5.32 Å². The first-order valence-corrected chi connectivity index (χ1v) is 11.7. The van der Waals surface area contributed by atoms with Crippen LogP contribution < -0.4 is 5.32 Å². The molecule has 2 N–H and O–H groups in total. The molecule has 1 fully saturated rings. The molecule has 0 bridgehead atoms. The molecule has 0 radical (unpaired) electrons. The normalized spacial score (nSPS) is 30.8. The van der Waals surface area contributed by atoms with Crippen LogP contribution in [0.5, 0.6) is 0 Å². The predicted octanol–water partition coefficient (Wildman–Crippen LogP) is 5.35. The molecule has 0 saturated heterocycles. The molecule has 0 amide bonds. The van der Waals surface area contributed by atoms with Gasteiger partial charge in [0.25, 0.3) is 0 Å². The fraction of sp³-hybridized carbons (Fsp3) is 0.955. The number of nitrogens with one attached hydrogen (secondary N) is 1. The highest BCUT2D eigenvalue weighted by Gasteiger charge is 2.62. The van der Waals surface area contributed by atoms with E-state index < -0.39 is 5.60 Å². The van der Waals surface area contributed by atoms with Gasteiger partial charge in [-0.15, -0.1) is 0 Å². The van der Waals surface area contributed by atoms with Crippen LogP contribution in [0.3, 0.4) is 0 Å². The minimum absolute atomic E-state index is 0.0614. The maximum absolute atomic E-state index is 12.3. The summed E-state index contributed by atoms with van der Waals surface area (Å²) in [4.78, 5) is 12.1. The predicted molar refractivity (Wildman–Crippen MR) is 115 cm³/mol. The second-order valence-corrected chi connectivity index (χ2v) is 10.6. The van der Waals surface area contributed by atoms with Crippen LogP contribution >= 0.6 is 11.8 Å². The number of thioether (sulfide) groups is 1. The topological polar surface area (TPSA) is 49.3 Å². The average Bonchev–Trinajstić information content (AvgIpc) is 2.54. The van der Waals surface area contributed by atoms with E-state index >= 15 is 0 Å². The SMILES string of the molecule is CCCCCSC(CC(C)=O)C1(O)C(C)(C)CCCC1(C)NC(C)CC. The van der Waals surface area contributed by atoms with Gasteiger partial charge in [-0.2, -0.15) is 11.8 Å². The van der Waals surface area contributed by atoms with Gasteiger partial charge in [-0.05, 0) is 57.6 Å². The number of unbranched alkanes of at least 4 members (excludes halogenated alkanes) is 2. The Kier molecular flexibility index (Phi) is 9.16. The maximum atomic E-state index is 12.3. The standard InChI is InChI=1S/C22H43NO2S/c1-8-10-11-15-26-19(16-18(4)24)22(25)20(5,6)13-12-14-21(22,7)23-17(3)9-2/h17,19,23,25H,8-16H2,1-7H3. The summed E-state index contributed by atoms with van der Waals surface area (Å²) in [6, 6.07) is 0.350. The summed E-state index contributed by atoms with van der Waals surface area (Å²) in [5, 5.41) is 16.0. The third kappa shape index (κ3) is 5.26.